The van der Waals surface area contributed by atoms with Gasteiger partial charge in [0.05, 0.1) is 16.3 Å². The predicted octanol–water partition coefficient (Wildman–Crippen LogP) is 4.82. The molecule has 36 heavy (non-hydrogen) atoms. The number of carbonyl (C=O) groups excluding carboxylic acids is 2. The molecule has 0 radical (unpaired) electrons. The van der Waals surface area contributed by atoms with E-state index < -0.39 is 0 Å². The molecule has 7 nitrogen and oxygen atoms in total. The molecule has 0 bridgehead atoms. The first-order chi connectivity index (χ1) is 17.5. The number of nitrogens with zero attached hydrogens (tertiary/aromatic N) is 4. The van der Waals surface area contributed by atoms with E-state index in [1.807, 2.05) is 47.3 Å². The smallest absolute Gasteiger partial charge is 0.286 e. The second-order valence-electron chi connectivity index (χ2n) is 8.64. The molecule has 5 rings (SSSR count). The summed E-state index contributed by atoms with van der Waals surface area (Å²) in [7, 11) is 0. The summed E-state index contributed by atoms with van der Waals surface area (Å²) >= 11 is 3.17. The van der Waals surface area contributed by atoms with Crippen LogP contribution in [-0.2, 0) is 9.59 Å². The standard InChI is InChI=1S/C27H27N5O2S2/c1-2-35-22-10-8-18(9-11-22)24-20(17-32(30-24)21-6-4-3-5-7-21)16-23-26(34)29-27(36-23)31-14-12-19(13-15-31)25(28)33/h3-11,16-17,19H,2,12-15H2,1H3,(H2,28,33)/b23-16-. The largest absolute Gasteiger partial charge is 0.369 e. The van der Waals surface area contributed by atoms with Crippen LogP contribution in [0.2, 0.25) is 0 Å². The normalized spacial score (nSPS) is 17.6. The lowest BCUT2D eigenvalue weighted by molar-refractivity contribution is -0.123. The fourth-order valence-corrected chi connectivity index (χ4v) is 5.95. The third kappa shape index (κ3) is 5.27. The number of rotatable bonds is 6. The number of primary amides is 1. The van der Waals surface area contributed by atoms with Gasteiger partial charge < -0.3 is 10.6 Å². The van der Waals surface area contributed by atoms with Gasteiger partial charge in [0.25, 0.3) is 5.91 Å². The number of hydrogen-bond acceptors (Lipinski definition) is 6. The second-order valence-corrected chi connectivity index (χ2v) is 11.0. The molecule has 1 aromatic heterocycles. The Morgan fingerprint density at radius 2 is 1.86 bits per heavy atom. The molecule has 2 amide bonds. The molecule has 2 aromatic carbocycles. The zero-order chi connectivity index (χ0) is 25.1. The number of amides is 2. The van der Waals surface area contributed by atoms with Crippen molar-refractivity contribution in [1.82, 2.24) is 14.7 Å². The van der Waals surface area contributed by atoms with E-state index >= 15 is 0 Å². The van der Waals surface area contributed by atoms with Crippen molar-refractivity contribution in [2.75, 3.05) is 18.8 Å². The number of aliphatic imine (C=N–C) groups is 1. The number of likely N-dealkylation sites (tertiary alicyclic amines) is 1. The van der Waals surface area contributed by atoms with Crippen LogP contribution in [0.1, 0.15) is 25.3 Å². The van der Waals surface area contributed by atoms with Crippen LogP contribution in [0.25, 0.3) is 23.0 Å². The van der Waals surface area contributed by atoms with Crippen LogP contribution in [0.3, 0.4) is 0 Å². The quantitative estimate of drug-likeness (QED) is 0.372. The van der Waals surface area contributed by atoms with Crippen LogP contribution in [0.4, 0.5) is 0 Å². The molecule has 0 unspecified atom stereocenters. The minimum Gasteiger partial charge on any atom is -0.369 e. The zero-order valence-corrected chi connectivity index (χ0v) is 21.6. The Hall–Kier alpha value is -3.30. The van der Waals surface area contributed by atoms with Crippen molar-refractivity contribution >= 4 is 46.6 Å². The lowest BCUT2D eigenvalue weighted by Gasteiger charge is -2.31. The van der Waals surface area contributed by atoms with Gasteiger partial charge in [-0.3, -0.25) is 9.59 Å². The van der Waals surface area contributed by atoms with E-state index in [1.54, 1.807) is 11.8 Å². The number of para-hydroxylation sites is 1. The lowest BCUT2D eigenvalue weighted by Crippen LogP contribution is -2.40. The summed E-state index contributed by atoms with van der Waals surface area (Å²) in [6.45, 7) is 3.47. The van der Waals surface area contributed by atoms with E-state index in [9.17, 15) is 9.59 Å². The Bertz CT molecular complexity index is 1320. The first-order valence-corrected chi connectivity index (χ1v) is 13.8. The topological polar surface area (TPSA) is 93.6 Å². The van der Waals surface area contributed by atoms with E-state index in [0.29, 0.717) is 36.0 Å². The van der Waals surface area contributed by atoms with Gasteiger partial charge in [-0.05, 0) is 60.7 Å². The molecule has 1 saturated heterocycles. The maximum atomic E-state index is 12.8. The van der Waals surface area contributed by atoms with Crippen molar-refractivity contribution in [2.24, 2.45) is 16.6 Å². The average molecular weight is 518 g/mol. The Morgan fingerprint density at radius 1 is 1.14 bits per heavy atom. The Kier molecular flexibility index (Phi) is 7.29. The van der Waals surface area contributed by atoms with Gasteiger partial charge in [0.15, 0.2) is 5.17 Å². The summed E-state index contributed by atoms with van der Waals surface area (Å²) in [6.07, 6.45) is 5.21. The van der Waals surface area contributed by atoms with Gasteiger partial charge in [0.1, 0.15) is 0 Å². The van der Waals surface area contributed by atoms with E-state index in [2.05, 4.69) is 41.1 Å². The fourth-order valence-electron chi connectivity index (χ4n) is 4.34. The molecule has 0 saturated carbocycles. The number of aromatic nitrogens is 2. The van der Waals surface area contributed by atoms with Crippen LogP contribution >= 0.6 is 23.5 Å². The summed E-state index contributed by atoms with van der Waals surface area (Å²) in [6, 6.07) is 18.3. The number of carbonyl (C=O) groups is 2. The van der Waals surface area contributed by atoms with Crippen LogP contribution < -0.4 is 5.73 Å². The van der Waals surface area contributed by atoms with Gasteiger partial charge in [0, 0.05) is 41.2 Å². The predicted molar refractivity (Wildman–Crippen MR) is 147 cm³/mol. The highest BCUT2D eigenvalue weighted by atomic mass is 32.2. The average Bonchev–Trinajstić information content (AvgIpc) is 3.49. The number of nitrogens with two attached hydrogens (primary N) is 1. The highest BCUT2D eigenvalue weighted by molar-refractivity contribution is 8.18. The third-order valence-electron chi connectivity index (χ3n) is 6.27. The molecule has 2 aliphatic heterocycles. The fraction of sp³-hybridized carbons (Fsp3) is 0.259. The SMILES string of the molecule is CCSc1ccc(-c2nn(-c3ccccc3)cc2/C=C2\SC(N3CCC(C(N)=O)CC3)=NC2=O)cc1. The van der Waals surface area contributed by atoms with Crippen LogP contribution in [0, 0.1) is 5.92 Å². The number of piperidine rings is 1. The van der Waals surface area contributed by atoms with Crippen LogP contribution in [0.15, 0.2) is 75.6 Å². The zero-order valence-electron chi connectivity index (χ0n) is 20.0. The van der Waals surface area contributed by atoms with Gasteiger partial charge in [-0.25, -0.2) is 4.68 Å². The lowest BCUT2D eigenvalue weighted by atomic mass is 9.97. The molecule has 184 valence electrons. The number of hydrogen-bond donors (Lipinski definition) is 1. The van der Waals surface area contributed by atoms with Gasteiger partial charge >= 0.3 is 0 Å². The molecule has 0 spiro atoms. The molecule has 9 heteroatoms. The second kappa shape index (κ2) is 10.8. The molecule has 2 N–H and O–H groups in total. The molecule has 3 heterocycles. The van der Waals surface area contributed by atoms with E-state index in [0.717, 1.165) is 28.3 Å². The Labute approximate surface area is 218 Å². The molecular formula is C27H27N5O2S2. The highest BCUT2D eigenvalue weighted by Gasteiger charge is 2.31. The number of benzene rings is 2. The third-order valence-corrected chi connectivity index (χ3v) is 8.20. The van der Waals surface area contributed by atoms with Crippen molar-refractivity contribution < 1.29 is 9.59 Å². The van der Waals surface area contributed by atoms with Gasteiger partial charge in [-0.2, -0.15) is 10.1 Å². The van der Waals surface area contributed by atoms with Crippen molar-refractivity contribution in [3.8, 4) is 16.9 Å². The van der Waals surface area contributed by atoms with Crippen molar-refractivity contribution in [1.29, 1.82) is 0 Å². The molecular weight excluding hydrogens is 490 g/mol. The van der Waals surface area contributed by atoms with Crippen molar-refractivity contribution in [3.05, 3.63) is 71.3 Å². The van der Waals surface area contributed by atoms with Crippen molar-refractivity contribution in [3.63, 3.8) is 0 Å². The molecule has 3 aromatic rings. The monoisotopic (exact) mass is 517 g/mol. The van der Waals surface area contributed by atoms with E-state index in [1.165, 1.54) is 16.7 Å². The number of thioether (sulfide) groups is 2. The molecule has 0 atom stereocenters. The minimum atomic E-state index is -0.253. The Morgan fingerprint density at radius 3 is 2.53 bits per heavy atom. The highest BCUT2D eigenvalue weighted by Crippen LogP contribution is 2.35. The summed E-state index contributed by atoms with van der Waals surface area (Å²) in [5.41, 5.74) is 9.06. The summed E-state index contributed by atoms with van der Waals surface area (Å²) in [5, 5.41) is 5.57. The van der Waals surface area contributed by atoms with Gasteiger partial charge in [0.2, 0.25) is 5.91 Å². The van der Waals surface area contributed by atoms with E-state index in [-0.39, 0.29) is 17.7 Å². The first-order valence-electron chi connectivity index (χ1n) is 12.0. The maximum absolute atomic E-state index is 12.8. The van der Waals surface area contributed by atoms with E-state index in [4.69, 9.17) is 10.8 Å². The van der Waals surface area contributed by atoms with Crippen LogP contribution in [0.5, 0.6) is 0 Å². The molecule has 0 aliphatic carbocycles. The molecule has 1 fully saturated rings. The van der Waals surface area contributed by atoms with Gasteiger partial charge in [-0.1, -0.05) is 37.3 Å². The Balaban J connectivity index is 1.43. The summed E-state index contributed by atoms with van der Waals surface area (Å²) in [5.74, 6) is 0.408. The maximum Gasteiger partial charge on any atom is 0.286 e. The summed E-state index contributed by atoms with van der Waals surface area (Å²) < 4.78 is 1.84. The first kappa shape index (κ1) is 24.4. The summed E-state index contributed by atoms with van der Waals surface area (Å²) in [4.78, 5) is 32.5. The van der Waals surface area contributed by atoms with Gasteiger partial charge in [-0.15, -0.1) is 11.8 Å². The number of amidine groups is 1. The minimum absolute atomic E-state index is 0.104. The van der Waals surface area contributed by atoms with Crippen LogP contribution in [-0.4, -0.2) is 50.5 Å². The van der Waals surface area contributed by atoms with Crippen molar-refractivity contribution in [2.45, 2.75) is 24.7 Å². The molecule has 2 aliphatic rings.